The number of hydrogen-bond donors (Lipinski definition) is 0. The third-order valence-corrected chi connectivity index (χ3v) is 3.55. The average molecular weight is 348 g/mol. The molecule has 21 heavy (non-hydrogen) atoms. The van der Waals surface area contributed by atoms with E-state index in [0.717, 1.165) is 10.0 Å². The van der Waals surface area contributed by atoms with Crippen molar-refractivity contribution in [2.24, 2.45) is 13.0 Å². The van der Waals surface area contributed by atoms with Gasteiger partial charge in [-0.15, -0.1) is 0 Å². The standard InChI is InChI=1S/C15H14BrN3O2/c1-19-14(6-7-18-19)15(20)21-10-12(9-17)8-11-2-4-13(16)5-3-11/h2-7,12H,8,10H2,1H3. The van der Waals surface area contributed by atoms with Crippen LogP contribution in [-0.4, -0.2) is 22.4 Å². The van der Waals surface area contributed by atoms with Gasteiger partial charge in [0, 0.05) is 17.7 Å². The van der Waals surface area contributed by atoms with Gasteiger partial charge in [0.1, 0.15) is 12.3 Å². The van der Waals surface area contributed by atoms with Crippen LogP contribution in [0.3, 0.4) is 0 Å². The quantitative estimate of drug-likeness (QED) is 0.779. The minimum Gasteiger partial charge on any atom is -0.460 e. The SMILES string of the molecule is Cn1nccc1C(=O)OCC(C#N)Cc1ccc(Br)cc1. The van der Waals surface area contributed by atoms with Crippen LogP contribution in [0.4, 0.5) is 0 Å². The monoisotopic (exact) mass is 347 g/mol. The number of nitrogens with zero attached hydrogens (tertiary/aromatic N) is 3. The van der Waals surface area contributed by atoms with E-state index in [9.17, 15) is 10.1 Å². The summed E-state index contributed by atoms with van der Waals surface area (Å²) in [6, 6.07) is 11.5. The highest BCUT2D eigenvalue weighted by atomic mass is 79.9. The van der Waals surface area contributed by atoms with Crippen molar-refractivity contribution in [3.63, 3.8) is 0 Å². The molecule has 1 unspecified atom stereocenters. The van der Waals surface area contributed by atoms with Crippen LogP contribution < -0.4 is 0 Å². The molecule has 0 radical (unpaired) electrons. The summed E-state index contributed by atoms with van der Waals surface area (Å²) in [5.41, 5.74) is 1.40. The fraction of sp³-hybridized carbons (Fsp3) is 0.267. The molecule has 0 saturated heterocycles. The Morgan fingerprint density at radius 3 is 2.71 bits per heavy atom. The van der Waals surface area contributed by atoms with Gasteiger partial charge in [-0.3, -0.25) is 4.68 Å². The summed E-state index contributed by atoms with van der Waals surface area (Å²) in [5, 5.41) is 13.1. The maximum atomic E-state index is 11.8. The Bertz CT molecular complexity index is 658. The van der Waals surface area contributed by atoms with Gasteiger partial charge in [0.25, 0.3) is 0 Å². The third kappa shape index (κ3) is 4.17. The molecule has 0 saturated carbocycles. The molecular weight excluding hydrogens is 334 g/mol. The van der Waals surface area contributed by atoms with Crippen molar-refractivity contribution < 1.29 is 9.53 Å². The van der Waals surface area contributed by atoms with Crippen LogP contribution in [0.25, 0.3) is 0 Å². The van der Waals surface area contributed by atoms with Crippen molar-refractivity contribution in [2.75, 3.05) is 6.61 Å². The van der Waals surface area contributed by atoms with Crippen LogP contribution in [0.5, 0.6) is 0 Å². The average Bonchev–Trinajstić information content (AvgIpc) is 2.91. The fourth-order valence-corrected chi connectivity index (χ4v) is 2.14. The molecule has 0 aliphatic rings. The Balaban J connectivity index is 1.91. The van der Waals surface area contributed by atoms with E-state index < -0.39 is 5.97 Å². The van der Waals surface area contributed by atoms with E-state index in [4.69, 9.17) is 4.74 Å². The van der Waals surface area contributed by atoms with Crippen molar-refractivity contribution in [3.8, 4) is 6.07 Å². The largest absolute Gasteiger partial charge is 0.460 e. The molecule has 0 bridgehead atoms. The second kappa shape index (κ2) is 7.04. The Hall–Kier alpha value is -2.13. The van der Waals surface area contributed by atoms with E-state index in [2.05, 4.69) is 27.1 Å². The summed E-state index contributed by atoms with van der Waals surface area (Å²) >= 11 is 3.36. The number of rotatable bonds is 5. The molecule has 6 heteroatoms. The Kier molecular flexibility index (Phi) is 5.12. The minimum atomic E-state index is -0.467. The molecule has 0 aliphatic carbocycles. The van der Waals surface area contributed by atoms with Crippen LogP contribution in [0, 0.1) is 17.2 Å². The summed E-state index contributed by atoms with van der Waals surface area (Å²) in [7, 11) is 1.67. The first-order valence-electron chi connectivity index (χ1n) is 6.39. The van der Waals surface area contributed by atoms with Gasteiger partial charge < -0.3 is 4.74 Å². The Morgan fingerprint density at radius 2 is 2.14 bits per heavy atom. The highest BCUT2D eigenvalue weighted by molar-refractivity contribution is 9.10. The van der Waals surface area contributed by atoms with Crippen LogP contribution in [0.2, 0.25) is 0 Å². The number of carbonyl (C=O) groups excluding carboxylic acids is 1. The molecule has 1 aromatic carbocycles. The zero-order valence-corrected chi connectivity index (χ0v) is 13.1. The highest BCUT2D eigenvalue weighted by Crippen LogP contribution is 2.14. The number of aromatic nitrogens is 2. The topological polar surface area (TPSA) is 67.9 Å². The van der Waals surface area contributed by atoms with E-state index in [1.807, 2.05) is 24.3 Å². The van der Waals surface area contributed by atoms with Gasteiger partial charge in [0.15, 0.2) is 0 Å². The van der Waals surface area contributed by atoms with E-state index >= 15 is 0 Å². The van der Waals surface area contributed by atoms with Crippen LogP contribution in [0.15, 0.2) is 41.0 Å². The smallest absolute Gasteiger partial charge is 0.356 e. The van der Waals surface area contributed by atoms with Gasteiger partial charge in [-0.2, -0.15) is 10.4 Å². The van der Waals surface area contributed by atoms with Crippen molar-refractivity contribution in [1.29, 1.82) is 5.26 Å². The number of carbonyl (C=O) groups is 1. The lowest BCUT2D eigenvalue weighted by Gasteiger charge is -2.10. The molecule has 5 nitrogen and oxygen atoms in total. The fourth-order valence-electron chi connectivity index (χ4n) is 1.87. The number of halogens is 1. The van der Waals surface area contributed by atoms with Gasteiger partial charge in [0.2, 0.25) is 0 Å². The number of nitriles is 1. The first kappa shape index (κ1) is 15.3. The predicted octanol–water partition coefficient (Wildman–Crippen LogP) is 2.72. The van der Waals surface area contributed by atoms with Gasteiger partial charge >= 0.3 is 5.97 Å². The normalized spacial score (nSPS) is 11.7. The summed E-state index contributed by atoms with van der Waals surface area (Å²) in [6.45, 7) is 0.0660. The van der Waals surface area contributed by atoms with E-state index in [1.165, 1.54) is 10.9 Å². The van der Waals surface area contributed by atoms with E-state index in [1.54, 1.807) is 13.1 Å². The van der Waals surface area contributed by atoms with Gasteiger partial charge in [0.05, 0.1) is 12.0 Å². The lowest BCUT2D eigenvalue weighted by atomic mass is 10.0. The highest BCUT2D eigenvalue weighted by Gasteiger charge is 2.15. The molecule has 0 N–H and O–H groups in total. The number of hydrogen-bond acceptors (Lipinski definition) is 4. The molecule has 0 amide bonds. The molecule has 0 fully saturated rings. The van der Waals surface area contributed by atoms with Gasteiger partial charge in [-0.1, -0.05) is 28.1 Å². The van der Waals surface area contributed by atoms with Gasteiger partial charge in [-0.25, -0.2) is 4.79 Å². The lowest BCUT2D eigenvalue weighted by molar-refractivity contribution is 0.0455. The number of benzene rings is 1. The molecular formula is C15H14BrN3O2. The van der Waals surface area contributed by atoms with E-state index in [-0.39, 0.29) is 12.5 Å². The molecule has 0 spiro atoms. The number of ether oxygens (including phenoxy) is 1. The molecule has 2 rings (SSSR count). The Morgan fingerprint density at radius 1 is 1.43 bits per heavy atom. The van der Waals surface area contributed by atoms with Crippen LogP contribution in [-0.2, 0) is 18.2 Å². The summed E-state index contributed by atoms with van der Waals surface area (Å²) in [5.74, 6) is -0.839. The summed E-state index contributed by atoms with van der Waals surface area (Å²) in [4.78, 5) is 11.8. The third-order valence-electron chi connectivity index (χ3n) is 3.02. The van der Waals surface area contributed by atoms with Crippen LogP contribution in [0.1, 0.15) is 16.1 Å². The molecule has 1 aromatic heterocycles. The molecule has 0 aliphatic heterocycles. The Labute approximate surface area is 131 Å². The molecule has 2 aromatic rings. The minimum absolute atomic E-state index is 0.0660. The number of aryl methyl sites for hydroxylation is 1. The van der Waals surface area contributed by atoms with E-state index in [0.29, 0.717) is 12.1 Å². The number of esters is 1. The second-order valence-corrected chi connectivity index (χ2v) is 5.51. The van der Waals surface area contributed by atoms with Crippen molar-refractivity contribution in [1.82, 2.24) is 9.78 Å². The first-order valence-corrected chi connectivity index (χ1v) is 7.18. The lowest BCUT2D eigenvalue weighted by Crippen LogP contribution is -2.17. The first-order chi connectivity index (χ1) is 10.1. The van der Waals surface area contributed by atoms with Crippen LogP contribution >= 0.6 is 15.9 Å². The van der Waals surface area contributed by atoms with Gasteiger partial charge in [-0.05, 0) is 30.2 Å². The predicted molar refractivity (Wildman–Crippen MR) is 80.4 cm³/mol. The summed E-state index contributed by atoms with van der Waals surface area (Å²) < 4.78 is 7.62. The molecule has 1 atom stereocenters. The summed E-state index contributed by atoms with van der Waals surface area (Å²) in [6.07, 6.45) is 2.07. The zero-order valence-electron chi connectivity index (χ0n) is 11.5. The van der Waals surface area contributed by atoms with Crippen molar-refractivity contribution >= 4 is 21.9 Å². The zero-order chi connectivity index (χ0) is 15.2. The molecule has 108 valence electrons. The second-order valence-electron chi connectivity index (χ2n) is 4.60. The maximum Gasteiger partial charge on any atom is 0.356 e. The van der Waals surface area contributed by atoms with Crippen molar-refractivity contribution in [2.45, 2.75) is 6.42 Å². The van der Waals surface area contributed by atoms with Crippen molar-refractivity contribution in [3.05, 3.63) is 52.3 Å². The molecule has 1 heterocycles. The maximum absolute atomic E-state index is 11.8.